The first-order valence-electron chi connectivity index (χ1n) is 7.16. The SMILES string of the molecule is O=C1CCC(C(=O)N2CCC(N3CCOC3=O)CC2)N1. The van der Waals surface area contributed by atoms with E-state index in [0.29, 0.717) is 39.1 Å². The highest BCUT2D eigenvalue weighted by Gasteiger charge is 2.36. The van der Waals surface area contributed by atoms with Crippen LogP contribution in [0, 0.1) is 0 Å². The lowest BCUT2D eigenvalue weighted by Crippen LogP contribution is -2.51. The van der Waals surface area contributed by atoms with Gasteiger partial charge in [-0.1, -0.05) is 0 Å². The second-order valence-corrected chi connectivity index (χ2v) is 5.52. The van der Waals surface area contributed by atoms with E-state index in [9.17, 15) is 14.4 Å². The Morgan fingerprint density at radius 2 is 1.90 bits per heavy atom. The van der Waals surface area contributed by atoms with Gasteiger partial charge < -0.3 is 19.9 Å². The van der Waals surface area contributed by atoms with Crippen LogP contribution >= 0.6 is 0 Å². The van der Waals surface area contributed by atoms with Crippen molar-refractivity contribution in [2.45, 2.75) is 37.8 Å². The molecule has 20 heavy (non-hydrogen) atoms. The maximum absolute atomic E-state index is 12.2. The third-order valence-electron chi connectivity index (χ3n) is 4.30. The Morgan fingerprint density at radius 3 is 2.45 bits per heavy atom. The molecule has 0 spiro atoms. The lowest BCUT2D eigenvalue weighted by molar-refractivity contribution is -0.135. The van der Waals surface area contributed by atoms with E-state index in [4.69, 9.17) is 4.74 Å². The van der Waals surface area contributed by atoms with E-state index in [1.807, 2.05) is 0 Å². The number of nitrogens with one attached hydrogen (secondary N) is 1. The number of carbonyl (C=O) groups excluding carboxylic acids is 3. The number of carbonyl (C=O) groups is 3. The summed E-state index contributed by atoms with van der Waals surface area (Å²) in [5.41, 5.74) is 0. The lowest BCUT2D eigenvalue weighted by Gasteiger charge is -2.36. The highest BCUT2D eigenvalue weighted by molar-refractivity contribution is 5.90. The molecule has 3 fully saturated rings. The minimum Gasteiger partial charge on any atom is -0.448 e. The number of likely N-dealkylation sites (tertiary alicyclic amines) is 1. The van der Waals surface area contributed by atoms with Crippen molar-refractivity contribution in [1.82, 2.24) is 15.1 Å². The van der Waals surface area contributed by atoms with Crippen molar-refractivity contribution in [3.05, 3.63) is 0 Å². The number of amides is 3. The fourth-order valence-electron chi connectivity index (χ4n) is 3.15. The molecule has 7 heteroatoms. The molecule has 0 bridgehead atoms. The molecule has 3 saturated heterocycles. The van der Waals surface area contributed by atoms with Crippen molar-refractivity contribution in [2.75, 3.05) is 26.2 Å². The monoisotopic (exact) mass is 281 g/mol. The zero-order valence-electron chi connectivity index (χ0n) is 11.3. The number of hydrogen-bond donors (Lipinski definition) is 1. The molecule has 0 aliphatic carbocycles. The van der Waals surface area contributed by atoms with Crippen molar-refractivity contribution in [3.8, 4) is 0 Å². The minimum absolute atomic E-state index is 0.0123. The van der Waals surface area contributed by atoms with E-state index in [1.165, 1.54) is 0 Å². The van der Waals surface area contributed by atoms with E-state index in [-0.39, 0.29) is 30.0 Å². The maximum Gasteiger partial charge on any atom is 0.410 e. The van der Waals surface area contributed by atoms with Gasteiger partial charge in [0.05, 0.1) is 6.54 Å². The fraction of sp³-hybridized carbons (Fsp3) is 0.769. The summed E-state index contributed by atoms with van der Waals surface area (Å²) in [6.07, 6.45) is 2.35. The molecular formula is C13H19N3O4. The van der Waals surface area contributed by atoms with Crippen molar-refractivity contribution >= 4 is 17.9 Å². The molecule has 0 aromatic carbocycles. The van der Waals surface area contributed by atoms with Crippen LogP contribution in [0.2, 0.25) is 0 Å². The zero-order valence-corrected chi connectivity index (χ0v) is 11.3. The molecule has 3 amide bonds. The molecule has 3 rings (SSSR count). The summed E-state index contributed by atoms with van der Waals surface area (Å²) < 4.78 is 4.95. The van der Waals surface area contributed by atoms with E-state index in [0.717, 1.165) is 12.8 Å². The van der Waals surface area contributed by atoms with Gasteiger partial charge in [-0.2, -0.15) is 0 Å². The van der Waals surface area contributed by atoms with Gasteiger partial charge >= 0.3 is 6.09 Å². The molecule has 1 N–H and O–H groups in total. The summed E-state index contributed by atoms with van der Waals surface area (Å²) >= 11 is 0. The van der Waals surface area contributed by atoms with Gasteiger partial charge in [0.1, 0.15) is 12.6 Å². The number of nitrogens with zero attached hydrogens (tertiary/aromatic N) is 2. The Kier molecular flexibility index (Phi) is 3.50. The predicted octanol–water partition coefficient (Wildman–Crippen LogP) is -0.292. The predicted molar refractivity (Wildman–Crippen MR) is 68.8 cm³/mol. The first-order valence-corrected chi connectivity index (χ1v) is 7.16. The quantitative estimate of drug-likeness (QED) is 0.754. The average Bonchev–Trinajstić information content (AvgIpc) is 3.07. The van der Waals surface area contributed by atoms with Crippen LogP contribution in [0.3, 0.4) is 0 Å². The molecule has 3 heterocycles. The van der Waals surface area contributed by atoms with Crippen LogP contribution in [0.15, 0.2) is 0 Å². The van der Waals surface area contributed by atoms with Crippen molar-refractivity contribution in [3.63, 3.8) is 0 Å². The Hall–Kier alpha value is -1.79. The van der Waals surface area contributed by atoms with E-state index in [1.54, 1.807) is 9.80 Å². The largest absolute Gasteiger partial charge is 0.448 e. The van der Waals surface area contributed by atoms with Crippen LogP contribution in [0.25, 0.3) is 0 Å². The van der Waals surface area contributed by atoms with Gasteiger partial charge in [-0.3, -0.25) is 9.59 Å². The summed E-state index contributed by atoms with van der Waals surface area (Å²) in [5.74, 6) is -0.0312. The molecule has 0 radical (unpaired) electrons. The van der Waals surface area contributed by atoms with Crippen LogP contribution < -0.4 is 5.32 Å². The fourth-order valence-corrected chi connectivity index (χ4v) is 3.15. The topological polar surface area (TPSA) is 79.0 Å². The van der Waals surface area contributed by atoms with Crippen molar-refractivity contribution in [1.29, 1.82) is 0 Å². The van der Waals surface area contributed by atoms with Gasteiger partial charge in [0, 0.05) is 25.6 Å². The number of cyclic esters (lactones) is 1. The van der Waals surface area contributed by atoms with Crippen molar-refractivity contribution in [2.24, 2.45) is 0 Å². The van der Waals surface area contributed by atoms with Gasteiger partial charge in [-0.15, -0.1) is 0 Å². The molecule has 3 aliphatic rings. The van der Waals surface area contributed by atoms with Crippen LogP contribution in [-0.2, 0) is 14.3 Å². The van der Waals surface area contributed by atoms with E-state index in [2.05, 4.69) is 5.32 Å². The summed E-state index contributed by atoms with van der Waals surface area (Å²) in [7, 11) is 0. The standard InChI is InChI=1S/C13H19N3O4/c17-11-2-1-10(14-11)12(18)15-5-3-9(4-6-15)16-7-8-20-13(16)19/h9-10H,1-8H2,(H,14,17). The van der Waals surface area contributed by atoms with Crippen LogP contribution in [0.5, 0.6) is 0 Å². The smallest absolute Gasteiger partial charge is 0.410 e. The molecule has 1 atom stereocenters. The highest BCUT2D eigenvalue weighted by atomic mass is 16.6. The van der Waals surface area contributed by atoms with Gasteiger partial charge in [-0.05, 0) is 19.3 Å². The molecule has 1 unspecified atom stereocenters. The molecule has 0 aromatic rings. The second kappa shape index (κ2) is 5.30. The average molecular weight is 281 g/mol. The second-order valence-electron chi connectivity index (χ2n) is 5.52. The van der Waals surface area contributed by atoms with Gasteiger partial charge in [0.25, 0.3) is 0 Å². The first-order chi connectivity index (χ1) is 9.65. The summed E-state index contributed by atoms with van der Waals surface area (Å²) in [4.78, 5) is 38.5. The molecular weight excluding hydrogens is 262 g/mol. The molecule has 0 saturated carbocycles. The molecule has 3 aliphatic heterocycles. The third-order valence-corrected chi connectivity index (χ3v) is 4.30. The Labute approximate surface area is 117 Å². The van der Waals surface area contributed by atoms with E-state index >= 15 is 0 Å². The van der Waals surface area contributed by atoms with Crippen LogP contribution in [0.4, 0.5) is 4.79 Å². The highest BCUT2D eigenvalue weighted by Crippen LogP contribution is 2.21. The maximum atomic E-state index is 12.2. The Balaban J connectivity index is 1.52. The summed E-state index contributed by atoms with van der Waals surface area (Å²) in [6.45, 7) is 2.39. The van der Waals surface area contributed by atoms with Gasteiger partial charge in [0.15, 0.2) is 0 Å². The molecule has 7 nitrogen and oxygen atoms in total. The normalized spacial score (nSPS) is 27.7. The molecule has 0 aromatic heterocycles. The van der Waals surface area contributed by atoms with Crippen LogP contribution in [0.1, 0.15) is 25.7 Å². The van der Waals surface area contributed by atoms with Gasteiger partial charge in [-0.25, -0.2) is 4.79 Å². The molecule has 110 valence electrons. The summed E-state index contributed by atoms with van der Waals surface area (Å²) in [5, 5.41) is 2.71. The minimum atomic E-state index is -0.351. The van der Waals surface area contributed by atoms with Crippen molar-refractivity contribution < 1.29 is 19.1 Å². The summed E-state index contributed by atoms with van der Waals surface area (Å²) in [6, 6.07) is -0.178. The van der Waals surface area contributed by atoms with Gasteiger partial charge in [0.2, 0.25) is 11.8 Å². The Morgan fingerprint density at radius 1 is 1.15 bits per heavy atom. The van der Waals surface area contributed by atoms with E-state index < -0.39 is 0 Å². The van der Waals surface area contributed by atoms with Crippen LogP contribution in [-0.4, -0.2) is 66.0 Å². The number of piperidine rings is 1. The zero-order chi connectivity index (χ0) is 14.1. The Bertz CT molecular complexity index is 431. The third kappa shape index (κ3) is 2.44. The lowest BCUT2D eigenvalue weighted by atomic mass is 10.0. The first kappa shape index (κ1) is 13.2. The number of hydrogen-bond acceptors (Lipinski definition) is 4. The number of rotatable bonds is 2. The number of ether oxygens (including phenoxy) is 1.